The van der Waals surface area contributed by atoms with Gasteiger partial charge >= 0.3 is 5.97 Å². The van der Waals surface area contributed by atoms with Crippen LogP contribution in [0.3, 0.4) is 0 Å². The molecule has 0 bridgehead atoms. The van der Waals surface area contributed by atoms with Crippen molar-refractivity contribution in [1.82, 2.24) is 10.6 Å². The molecule has 14 heteroatoms. The zero-order valence-electron chi connectivity index (χ0n) is 16.8. The Morgan fingerprint density at radius 1 is 1.10 bits per heavy atom. The highest BCUT2D eigenvalue weighted by Crippen LogP contribution is 2.12. The number of hydrogen-bond donors (Lipinski definition) is 7. The number of amides is 3. The van der Waals surface area contributed by atoms with E-state index >= 15 is 0 Å². The van der Waals surface area contributed by atoms with E-state index in [0.29, 0.717) is 6.42 Å². The van der Waals surface area contributed by atoms with E-state index in [4.69, 9.17) is 21.1 Å². The number of hydrogen-bond acceptors (Lipinski definition) is 8. The largest absolute Gasteiger partial charge is 0.481 e. The summed E-state index contributed by atoms with van der Waals surface area (Å²) in [6, 6.07) is -3.36. The van der Waals surface area contributed by atoms with Crippen molar-refractivity contribution < 1.29 is 37.3 Å². The van der Waals surface area contributed by atoms with Crippen molar-refractivity contribution in [3.05, 3.63) is 0 Å². The van der Waals surface area contributed by atoms with Crippen molar-refractivity contribution in [3.63, 3.8) is 0 Å². The van der Waals surface area contributed by atoms with Crippen LogP contribution < -0.4 is 22.1 Å². The number of carbonyl (C=O) groups is 4. The zero-order chi connectivity index (χ0) is 23.6. The average molecular weight is 471 g/mol. The average Bonchev–Trinajstić information content (AvgIpc) is 2.64. The minimum Gasteiger partial charge on any atom is -0.481 e. The van der Waals surface area contributed by atoms with E-state index in [9.17, 15) is 27.6 Å². The fourth-order valence-electron chi connectivity index (χ4n) is 2.39. The topological polar surface area (TPSA) is 219 Å². The lowest BCUT2D eigenvalue weighted by atomic mass is 9.97. The molecule has 0 aromatic rings. The third kappa shape index (κ3) is 10.8. The van der Waals surface area contributed by atoms with Crippen LogP contribution in [0.1, 0.15) is 39.5 Å². The predicted octanol–water partition coefficient (Wildman–Crippen LogP) is -1.74. The summed E-state index contributed by atoms with van der Waals surface area (Å²) < 4.78 is 30.4. The predicted molar refractivity (Wildman–Crippen MR) is 111 cm³/mol. The van der Waals surface area contributed by atoms with Gasteiger partial charge in [-0.2, -0.15) is 21.0 Å². The highest BCUT2D eigenvalue weighted by atomic mass is 32.2. The van der Waals surface area contributed by atoms with Gasteiger partial charge < -0.3 is 27.2 Å². The Labute approximate surface area is 180 Å². The SMILES string of the molecule is CCC(C)C(NC(=O)C(S)C(N)CCS(=O)(=O)O)C(=O)NC(CCC(=O)O)C(N)=O. The van der Waals surface area contributed by atoms with Crippen LogP contribution >= 0.6 is 12.6 Å². The Kier molecular flexibility index (Phi) is 11.9. The number of rotatable bonds is 14. The van der Waals surface area contributed by atoms with Gasteiger partial charge in [0.2, 0.25) is 17.7 Å². The molecule has 0 aliphatic rings. The Morgan fingerprint density at radius 2 is 1.67 bits per heavy atom. The molecule has 0 fully saturated rings. The van der Waals surface area contributed by atoms with Gasteiger partial charge in [-0.25, -0.2) is 0 Å². The number of carboxylic acids is 1. The molecule has 12 nitrogen and oxygen atoms in total. The second-order valence-corrected chi connectivity index (χ2v) is 9.08. The van der Waals surface area contributed by atoms with Crippen LogP contribution in [0.15, 0.2) is 0 Å². The lowest BCUT2D eigenvalue weighted by Crippen LogP contribution is -2.57. The van der Waals surface area contributed by atoms with Gasteiger partial charge in [-0.05, 0) is 18.8 Å². The Morgan fingerprint density at radius 3 is 2.10 bits per heavy atom. The van der Waals surface area contributed by atoms with Gasteiger partial charge in [-0.15, -0.1) is 0 Å². The summed E-state index contributed by atoms with van der Waals surface area (Å²) in [4.78, 5) is 47.3. The summed E-state index contributed by atoms with van der Waals surface area (Å²) in [5.74, 6) is -4.60. The second-order valence-electron chi connectivity index (χ2n) is 6.95. The minimum atomic E-state index is -4.26. The molecule has 0 aromatic heterocycles. The van der Waals surface area contributed by atoms with E-state index in [0.717, 1.165) is 0 Å². The van der Waals surface area contributed by atoms with Crippen LogP contribution in [0.2, 0.25) is 0 Å². The highest BCUT2D eigenvalue weighted by molar-refractivity contribution is 7.85. The fourth-order valence-corrected chi connectivity index (χ4v) is 3.19. The molecule has 0 heterocycles. The van der Waals surface area contributed by atoms with E-state index in [2.05, 4.69) is 23.3 Å². The number of carbonyl (C=O) groups excluding carboxylic acids is 3. The van der Waals surface area contributed by atoms with Crippen LogP contribution in [-0.4, -0.2) is 70.9 Å². The lowest BCUT2D eigenvalue weighted by molar-refractivity contribution is -0.138. The van der Waals surface area contributed by atoms with Gasteiger partial charge in [0.05, 0.1) is 11.0 Å². The molecule has 174 valence electrons. The fraction of sp³-hybridized carbons (Fsp3) is 0.750. The normalized spacial score (nSPS) is 16.6. The van der Waals surface area contributed by atoms with Crippen molar-refractivity contribution in [1.29, 1.82) is 0 Å². The Hall–Kier alpha value is -1.90. The monoisotopic (exact) mass is 470 g/mol. The van der Waals surface area contributed by atoms with Crippen molar-refractivity contribution >= 4 is 46.4 Å². The van der Waals surface area contributed by atoms with E-state index in [-0.39, 0.29) is 18.8 Å². The first kappa shape index (κ1) is 28.1. The van der Waals surface area contributed by atoms with Crippen LogP contribution in [0.4, 0.5) is 0 Å². The molecule has 0 saturated heterocycles. The first-order valence-electron chi connectivity index (χ1n) is 9.20. The summed E-state index contributed by atoms with van der Waals surface area (Å²) in [7, 11) is -4.26. The molecule has 0 radical (unpaired) electrons. The smallest absolute Gasteiger partial charge is 0.303 e. The molecule has 0 aliphatic heterocycles. The third-order valence-electron chi connectivity index (χ3n) is 4.48. The van der Waals surface area contributed by atoms with Crippen LogP contribution in [0.5, 0.6) is 0 Å². The zero-order valence-corrected chi connectivity index (χ0v) is 18.5. The maximum absolute atomic E-state index is 12.6. The summed E-state index contributed by atoms with van der Waals surface area (Å²) in [5, 5.41) is 12.4. The van der Waals surface area contributed by atoms with Crippen molar-refractivity contribution in [2.45, 2.75) is 62.9 Å². The van der Waals surface area contributed by atoms with Gasteiger partial charge in [-0.3, -0.25) is 23.7 Å². The van der Waals surface area contributed by atoms with Crippen LogP contribution in [-0.2, 0) is 29.3 Å². The van der Waals surface area contributed by atoms with Gasteiger partial charge in [-0.1, -0.05) is 20.3 Å². The summed E-state index contributed by atoms with van der Waals surface area (Å²) in [6.07, 6.45) is -0.372. The first-order chi connectivity index (χ1) is 13.7. The van der Waals surface area contributed by atoms with Crippen LogP contribution in [0.25, 0.3) is 0 Å². The van der Waals surface area contributed by atoms with Gasteiger partial charge in [0.1, 0.15) is 12.1 Å². The summed E-state index contributed by atoms with van der Waals surface area (Å²) >= 11 is 4.06. The second kappa shape index (κ2) is 12.7. The minimum absolute atomic E-state index is 0.215. The van der Waals surface area contributed by atoms with E-state index < -0.39 is 69.4 Å². The van der Waals surface area contributed by atoms with E-state index in [1.54, 1.807) is 13.8 Å². The maximum Gasteiger partial charge on any atom is 0.303 e. The van der Waals surface area contributed by atoms with Crippen molar-refractivity contribution in [2.75, 3.05) is 5.75 Å². The molecule has 0 aliphatic carbocycles. The number of nitrogens with one attached hydrogen (secondary N) is 2. The van der Waals surface area contributed by atoms with Gasteiger partial charge in [0.15, 0.2) is 0 Å². The molecule has 0 spiro atoms. The summed E-state index contributed by atoms with van der Waals surface area (Å²) in [5.41, 5.74) is 10.9. The number of carboxylic acid groups (broad SMARTS) is 1. The summed E-state index contributed by atoms with van der Waals surface area (Å²) in [6.45, 7) is 3.44. The van der Waals surface area contributed by atoms with Gasteiger partial charge in [0, 0.05) is 12.5 Å². The molecule has 0 aromatic carbocycles. The molecule has 0 saturated carbocycles. The Bertz CT molecular complexity index is 731. The number of primary amides is 1. The standard InChI is InChI=1S/C16H30N4O8S2/c1-3-8(2)12(15(24)19-10(14(18)23)4-5-11(21)22)20-16(25)13(29)9(17)6-7-30(26,27)28/h8-10,12-13,29H,3-7,17H2,1-2H3,(H2,18,23)(H,19,24)(H,20,25)(H,21,22)(H,26,27,28). The van der Waals surface area contributed by atoms with Crippen molar-refractivity contribution in [3.8, 4) is 0 Å². The molecular weight excluding hydrogens is 440 g/mol. The highest BCUT2D eigenvalue weighted by Gasteiger charge is 2.32. The van der Waals surface area contributed by atoms with E-state index in [1.165, 1.54) is 0 Å². The number of aliphatic carboxylic acids is 1. The first-order valence-corrected chi connectivity index (χ1v) is 11.3. The van der Waals surface area contributed by atoms with Crippen LogP contribution in [0, 0.1) is 5.92 Å². The quantitative estimate of drug-likeness (QED) is 0.113. The Balaban J connectivity index is 5.21. The third-order valence-corrected chi connectivity index (χ3v) is 5.85. The van der Waals surface area contributed by atoms with E-state index in [1.807, 2.05) is 0 Å². The molecule has 3 amide bonds. The molecule has 0 rings (SSSR count). The molecule has 8 N–H and O–H groups in total. The van der Waals surface area contributed by atoms with Gasteiger partial charge in [0.25, 0.3) is 10.1 Å². The maximum atomic E-state index is 12.6. The van der Waals surface area contributed by atoms with Crippen molar-refractivity contribution in [2.24, 2.45) is 17.4 Å². The lowest BCUT2D eigenvalue weighted by Gasteiger charge is -2.27. The number of nitrogens with two attached hydrogens (primary N) is 2. The molecule has 5 unspecified atom stereocenters. The molecular formula is C16H30N4O8S2. The number of thiol groups is 1. The molecule has 5 atom stereocenters. The molecule has 30 heavy (non-hydrogen) atoms.